The summed E-state index contributed by atoms with van der Waals surface area (Å²) in [6, 6.07) is 4.24. The molecule has 1 nitrogen and oxygen atoms in total. The molecule has 0 radical (unpaired) electrons. The van der Waals surface area contributed by atoms with Gasteiger partial charge in [0.2, 0.25) is 0 Å². The van der Waals surface area contributed by atoms with Gasteiger partial charge in [0.1, 0.15) is 0 Å². The van der Waals surface area contributed by atoms with Crippen LogP contribution in [0.2, 0.25) is 0 Å². The average molecular weight is 233 g/mol. The molecule has 3 rings (SSSR count). The molecule has 0 saturated carbocycles. The van der Waals surface area contributed by atoms with Crippen molar-refractivity contribution >= 4 is 43.1 Å². The number of hydrogen-bond donors (Lipinski definition) is 0. The summed E-state index contributed by atoms with van der Waals surface area (Å²) in [5, 5.41) is 4.28. The third-order valence-electron chi connectivity index (χ3n) is 2.58. The van der Waals surface area contributed by atoms with Gasteiger partial charge in [0.25, 0.3) is 0 Å². The molecule has 0 spiro atoms. The van der Waals surface area contributed by atoms with Gasteiger partial charge in [0.15, 0.2) is 0 Å². The fraction of sp³-hybridized carbons (Fsp3) is 0.250. The van der Waals surface area contributed by atoms with E-state index in [-0.39, 0.29) is 0 Å². The van der Waals surface area contributed by atoms with Gasteiger partial charge in [-0.3, -0.25) is 0 Å². The smallest absolute Gasteiger partial charge is 0.0820 e. The first kappa shape index (κ1) is 9.31. The zero-order chi connectivity index (χ0) is 10.3. The third kappa shape index (κ3) is 1.38. The number of fused-ring (bicyclic) bond motifs is 2. The monoisotopic (exact) mass is 233 g/mol. The Morgan fingerprint density at radius 1 is 1.07 bits per heavy atom. The van der Waals surface area contributed by atoms with E-state index in [2.05, 4.69) is 34.8 Å². The molecule has 0 N–H and O–H groups in total. The molecule has 76 valence electrons. The van der Waals surface area contributed by atoms with E-state index in [1.807, 2.05) is 22.7 Å². The predicted octanol–water partition coefficient (Wildman–Crippen LogP) is 4.46. The van der Waals surface area contributed by atoms with E-state index in [4.69, 9.17) is 0 Å². The van der Waals surface area contributed by atoms with Crippen molar-refractivity contribution in [3.63, 3.8) is 0 Å². The Morgan fingerprint density at radius 3 is 2.20 bits per heavy atom. The predicted molar refractivity (Wildman–Crippen MR) is 69.0 cm³/mol. The Kier molecular flexibility index (Phi) is 2.22. The molecule has 3 aromatic heterocycles. The highest BCUT2D eigenvalue weighted by atomic mass is 32.1. The van der Waals surface area contributed by atoms with Gasteiger partial charge in [0.05, 0.1) is 20.4 Å². The molecular weight excluding hydrogens is 222 g/mol. The molecule has 0 aliphatic rings. The van der Waals surface area contributed by atoms with Crippen LogP contribution in [0.1, 0.15) is 18.9 Å². The summed E-state index contributed by atoms with van der Waals surface area (Å²) in [4.78, 5) is 4.66. The Bertz CT molecular complexity index is 557. The first-order valence-electron chi connectivity index (χ1n) is 5.13. The van der Waals surface area contributed by atoms with E-state index in [1.165, 1.54) is 21.4 Å². The van der Waals surface area contributed by atoms with Crippen LogP contribution in [0.25, 0.3) is 20.4 Å². The SMILES string of the molecule is CCCc1c2sccc2nc2ccsc12. The summed E-state index contributed by atoms with van der Waals surface area (Å²) < 4.78 is 2.76. The van der Waals surface area contributed by atoms with Crippen molar-refractivity contribution in [2.24, 2.45) is 0 Å². The lowest BCUT2D eigenvalue weighted by atomic mass is 10.1. The van der Waals surface area contributed by atoms with Crippen LogP contribution in [0, 0.1) is 0 Å². The second-order valence-electron chi connectivity index (χ2n) is 3.61. The van der Waals surface area contributed by atoms with Gasteiger partial charge in [-0.05, 0) is 34.9 Å². The van der Waals surface area contributed by atoms with E-state index in [0.29, 0.717) is 0 Å². The Labute approximate surface area is 96.4 Å². The highest BCUT2D eigenvalue weighted by molar-refractivity contribution is 7.19. The summed E-state index contributed by atoms with van der Waals surface area (Å²) in [5.41, 5.74) is 3.83. The topological polar surface area (TPSA) is 12.9 Å². The van der Waals surface area contributed by atoms with Crippen molar-refractivity contribution in [3.05, 3.63) is 28.5 Å². The van der Waals surface area contributed by atoms with E-state index in [9.17, 15) is 0 Å². The van der Waals surface area contributed by atoms with Crippen molar-refractivity contribution < 1.29 is 0 Å². The first-order chi connectivity index (χ1) is 7.40. The van der Waals surface area contributed by atoms with Crippen molar-refractivity contribution in [2.75, 3.05) is 0 Å². The summed E-state index contributed by atoms with van der Waals surface area (Å²) in [5.74, 6) is 0. The van der Waals surface area contributed by atoms with Crippen molar-refractivity contribution in [2.45, 2.75) is 19.8 Å². The zero-order valence-corrected chi connectivity index (χ0v) is 10.1. The van der Waals surface area contributed by atoms with Gasteiger partial charge < -0.3 is 0 Å². The number of nitrogens with zero attached hydrogens (tertiary/aromatic N) is 1. The lowest BCUT2D eigenvalue weighted by Gasteiger charge is -2.02. The van der Waals surface area contributed by atoms with E-state index < -0.39 is 0 Å². The standard InChI is InChI=1S/C12H11NS2/c1-2-3-8-11-9(4-6-14-11)13-10-5-7-15-12(8)10/h4-7H,2-3H2,1H3. The highest BCUT2D eigenvalue weighted by Crippen LogP contribution is 2.33. The number of hydrogen-bond acceptors (Lipinski definition) is 3. The maximum Gasteiger partial charge on any atom is 0.0820 e. The van der Waals surface area contributed by atoms with Crippen LogP contribution in [-0.4, -0.2) is 4.98 Å². The van der Waals surface area contributed by atoms with Crippen molar-refractivity contribution in [1.29, 1.82) is 0 Å². The maximum atomic E-state index is 4.66. The molecule has 0 aromatic carbocycles. The van der Waals surface area contributed by atoms with Gasteiger partial charge in [-0.15, -0.1) is 22.7 Å². The molecule has 3 aromatic rings. The van der Waals surface area contributed by atoms with Gasteiger partial charge in [-0.1, -0.05) is 13.3 Å². The number of thiophene rings is 2. The normalized spacial score (nSPS) is 11.5. The minimum atomic E-state index is 1.16. The molecule has 0 bridgehead atoms. The van der Waals surface area contributed by atoms with Crippen LogP contribution < -0.4 is 0 Å². The summed E-state index contributed by atoms with van der Waals surface area (Å²) in [7, 11) is 0. The van der Waals surface area contributed by atoms with Crippen molar-refractivity contribution in [3.8, 4) is 0 Å². The van der Waals surface area contributed by atoms with Crippen LogP contribution >= 0.6 is 22.7 Å². The van der Waals surface area contributed by atoms with E-state index in [0.717, 1.165) is 17.5 Å². The number of pyridine rings is 1. The third-order valence-corrected chi connectivity index (χ3v) is 4.50. The summed E-state index contributed by atoms with van der Waals surface area (Å²) in [6.07, 6.45) is 2.36. The van der Waals surface area contributed by atoms with E-state index in [1.54, 1.807) is 0 Å². The summed E-state index contributed by atoms with van der Waals surface area (Å²) >= 11 is 3.63. The quantitative estimate of drug-likeness (QED) is 0.636. The van der Waals surface area contributed by atoms with Crippen LogP contribution in [0.4, 0.5) is 0 Å². The summed E-state index contributed by atoms with van der Waals surface area (Å²) in [6.45, 7) is 2.24. The molecule has 15 heavy (non-hydrogen) atoms. The van der Waals surface area contributed by atoms with Gasteiger partial charge in [-0.25, -0.2) is 4.98 Å². The largest absolute Gasteiger partial charge is 0.246 e. The molecule has 0 saturated heterocycles. The van der Waals surface area contributed by atoms with Crippen LogP contribution in [0.15, 0.2) is 22.9 Å². The van der Waals surface area contributed by atoms with Crippen molar-refractivity contribution in [1.82, 2.24) is 4.98 Å². The number of rotatable bonds is 2. The Balaban J connectivity index is 2.45. The molecule has 0 atom stereocenters. The lowest BCUT2D eigenvalue weighted by molar-refractivity contribution is 0.938. The van der Waals surface area contributed by atoms with Gasteiger partial charge >= 0.3 is 0 Å². The Hall–Kier alpha value is -0.930. The van der Waals surface area contributed by atoms with Gasteiger partial charge in [-0.2, -0.15) is 0 Å². The van der Waals surface area contributed by atoms with Crippen LogP contribution in [0.3, 0.4) is 0 Å². The molecule has 0 aliphatic carbocycles. The number of aromatic nitrogens is 1. The van der Waals surface area contributed by atoms with Gasteiger partial charge in [0, 0.05) is 0 Å². The Morgan fingerprint density at radius 2 is 1.67 bits per heavy atom. The molecular formula is C12H11NS2. The van der Waals surface area contributed by atoms with Crippen LogP contribution in [-0.2, 0) is 6.42 Å². The van der Waals surface area contributed by atoms with Crippen LogP contribution in [0.5, 0.6) is 0 Å². The second-order valence-corrected chi connectivity index (χ2v) is 5.44. The first-order valence-corrected chi connectivity index (χ1v) is 6.89. The number of aryl methyl sites for hydroxylation is 1. The minimum Gasteiger partial charge on any atom is -0.246 e. The minimum absolute atomic E-state index is 1.16. The lowest BCUT2D eigenvalue weighted by Crippen LogP contribution is -1.86. The zero-order valence-electron chi connectivity index (χ0n) is 8.49. The molecule has 3 heterocycles. The van der Waals surface area contributed by atoms with E-state index >= 15 is 0 Å². The second kappa shape index (κ2) is 3.58. The highest BCUT2D eigenvalue weighted by Gasteiger charge is 2.10. The maximum absolute atomic E-state index is 4.66. The fourth-order valence-electron chi connectivity index (χ4n) is 1.94. The molecule has 0 amide bonds. The average Bonchev–Trinajstić information content (AvgIpc) is 2.84. The molecule has 3 heteroatoms. The molecule has 0 unspecified atom stereocenters. The molecule has 0 aliphatic heterocycles. The molecule has 0 fully saturated rings. The fourth-order valence-corrected chi connectivity index (χ4v) is 3.83.